The third-order valence-electron chi connectivity index (χ3n) is 2.35. The van der Waals surface area contributed by atoms with Crippen molar-refractivity contribution in [3.63, 3.8) is 0 Å². The molecule has 1 aromatic rings. The van der Waals surface area contributed by atoms with Crippen molar-refractivity contribution in [3.05, 3.63) is 35.4 Å². The molecule has 2 heteroatoms. The Balaban J connectivity index is 2.49. The molecule has 1 aromatic carbocycles. The minimum absolute atomic E-state index is 0.547. The van der Waals surface area contributed by atoms with Crippen LogP contribution in [0.25, 0.3) is 0 Å². The Labute approximate surface area is 85.6 Å². The van der Waals surface area contributed by atoms with Crippen molar-refractivity contribution < 1.29 is 0 Å². The molecule has 2 nitrogen and oxygen atoms in total. The molecule has 14 heavy (non-hydrogen) atoms. The van der Waals surface area contributed by atoms with Gasteiger partial charge in [0.1, 0.15) is 0 Å². The Morgan fingerprint density at radius 1 is 1.36 bits per heavy atom. The highest BCUT2D eigenvalue weighted by Crippen LogP contribution is 2.03. The summed E-state index contributed by atoms with van der Waals surface area (Å²) >= 11 is 0. The molecule has 0 amide bonds. The van der Waals surface area contributed by atoms with Crippen molar-refractivity contribution in [1.29, 1.82) is 5.26 Å². The van der Waals surface area contributed by atoms with Crippen molar-refractivity contribution >= 4 is 0 Å². The minimum Gasteiger partial charge on any atom is -0.310 e. The van der Waals surface area contributed by atoms with Gasteiger partial charge in [0, 0.05) is 12.6 Å². The number of benzene rings is 1. The number of rotatable bonds is 4. The molecule has 0 heterocycles. The van der Waals surface area contributed by atoms with Crippen LogP contribution in [0.5, 0.6) is 0 Å². The van der Waals surface area contributed by atoms with Crippen LogP contribution in [0.1, 0.15) is 31.4 Å². The standard InChI is InChI=1S/C12H16N2/c1-3-10(2)14-9-12-6-4-11(8-13)5-7-12/h4-7,10,14H,3,9H2,1-2H3/t10-/m0/s1. The molecule has 0 radical (unpaired) electrons. The molecule has 1 N–H and O–H groups in total. The fraction of sp³-hybridized carbons (Fsp3) is 0.417. The van der Waals surface area contributed by atoms with E-state index >= 15 is 0 Å². The van der Waals surface area contributed by atoms with Gasteiger partial charge in [-0.1, -0.05) is 19.1 Å². The van der Waals surface area contributed by atoms with E-state index in [9.17, 15) is 0 Å². The van der Waals surface area contributed by atoms with Gasteiger partial charge in [0.25, 0.3) is 0 Å². The van der Waals surface area contributed by atoms with Crippen LogP contribution < -0.4 is 5.32 Å². The number of nitrogens with zero attached hydrogens (tertiary/aromatic N) is 1. The van der Waals surface area contributed by atoms with E-state index in [1.807, 2.05) is 24.3 Å². The van der Waals surface area contributed by atoms with Gasteiger partial charge in [-0.3, -0.25) is 0 Å². The van der Waals surface area contributed by atoms with Crippen molar-refractivity contribution in [2.75, 3.05) is 0 Å². The first-order chi connectivity index (χ1) is 6.76. The highest BCUT2D eigenvalue weighted by atomic mass is 14.9. The number of nitrogens with one attached hydrogen (secondary N) is 1. The zero-order chi connectivity index (χ0) is 10.4. The Morgan fingerprint density at radius 2 is 2.00 bits per heavy atom. The summed E-state index contributed by atoms with van der Waals surface area (Å²) in [5.74, 6) is 0. The smallest absolute Gasteiger partial charge is 0.0991 e. The highest BCUT2D eigenvalue weighted by Gasteiger charge is 1.97. The molecule has 1 atom stereocenters. The highest BCUT2D eigenvalue weighted by molar-refractivity contribution is 5.31. The Bertz CT molecular complexity index is 308. The van der Waals surface area contributed by atoms with E-state index in [0.29, 0.717) is 6.04 Å². The summed E-state index contributed by atoms with van der Waals surface area (Å²) < 4.78 is 0. The molecule has 0 aliphatic rings. The van der Waals surface area contributed by atoms with Gasteiger partial charge in [-0.25, -0.2) is 0 Å². The maximum atomic E-state index is 8.62. The molecule has 0 aliphatic heterocycles. The molecule has 74 valence electrons. The largest absolute Gasteiger partial charge is 0.310 e. The molecule has 0 bridgehead atoms. The maximum Gasteiger partial charge on any atom is 0.0991 e. The Morgan fingerprint density at radius 3 is 2.50 bits per heavy atom. The van der Waals surface area contributed by atoms with Gasteiger partial charge in [0.2, 0.25) is 0 Å². The van der Waals surface area contributed by atoms with E-state index in [2.05, 4.69) is 25.2 Å². The zero-order valence-electron chi connectivity index (χ0n) is 8.75. The lowest BCUT2D eigenvalue weighted by Gasteiger charge is -2.10. The third kappa shape index (κ3) is 3.20. The zero-order valence-corrected chi connectivity index (χ0v) is 8.75. The van der Waals surface area contributed by atoms with Crippen molar-refractivity contribution in [2.45, 2.75) is 32.9 Å². The average Bonchev–Trinajstić information content (AvgIpc) is 2.26. The van der Waals surface area contributed by atoms with Gasteiger partial charge < -0.3 is 5.32 Å². The van der Waals surface area contributed by atoms with E-state index in [4.69, 9.17) is 5.26 Å². The van der Waals surface area contributed by atoms with E-state index in [0.717, 1.165) is 18.5 Å². The van der Waals surface area contributed by atoms with Crippen LogP contribution in [-0.4, -0.2) is 6.04 Å². The normalized spacial score (nSPS) is 12.1. The van der Waals surface area contributed by atoms with Crippen LogP contribution in [0.3, 0.4) is 0 Å². The number of hydrogen-bond acceptors (Lipinski definition) is 2. The van der Waals surface area contributed by atoms with Gasteiger partial charge >= 0.3 is 0 Å². The molecule has 0 spiro atoms. The van der Waals surface area contributed by atoms with Gasteiger partial charge in [-0.2, -0.15) is 5.26 Å². The monoisotopic (exact) mass is 188 g/mol. The molecule has 0 fully saturated rings. The second kappa shape index (κ2) is 5.41. The fourth-order valence-corrected chi connectivity index (χ4v) is 1.13. The lowest BCUT2D eigenvalue weighted by atomic mass is 10.1. The van der Waals surface area contributed by atoms with Gasteiger partial charge in [-0.05, 0) is 31.0 Å². The topological polar surface area (TPSA) is 35.8 Å². The Hall–Kier alpha value is -1.33. The van der Waals surface area contributed by atoms with Crippen LogP contribution >= 0.6 is 0 Å². The van der Waals surface area contributed by atoms with E-state index in [1.54, 1.807) is 0 Å². The molecular weight excluding hydrogens is 172 g/mol. The second-order valence-corrected chi connectivity index (χ2v) is 3.50. The first-order valence-corrected chi connectivity index (χ1v) is 4.98. The lowest BCUT2D eigenvalue weighted by molar-refractivity contribution is 0.534. The predicted molar refractivity (Wildman–Crippen MR) is 57.7 cm³/mol. The third-order valence-corrected chi connectivity index (χ3v) is 2.35. The molecule has 0 unspecified atom stereocenters. The average molecular weight is 188 g/mol. The fourth-order valence-electron chi connectivity index (χ4n) is 1.13. The van der Waals surface area contributed by atoms with Crippen LogP contribution in [0.15, 0.2) is 24.3 Å². The van der Waals surface area contributed by atoms with E-state index in [1.165, 1.54) is 5.56 Å². The lowest BCUT2D eigenvalue weighted by Crippen LogP contribution is -2.24. The first-order valence-electron chi connectivity index (χ1n) is 4.98. The summed E-state index contributed by atoms with van der Waals surface area (Å²) in [5, 5.41) is 12.0. The molecular formula is C12H16N2. The van der Waals surface area contributed by atoms with Crippen LogP contribution in [0.2, 0.25) is 0 Å². The molecule has 1 rings (SSSR count). The summed E-state index contributed by atoms with van der Waals surface area (Å²) in [5.41, 5.74) is 1.95. The Kier molecular flexibility index (Phi) is 4.15. The van der Waals surface area contributed by atoms with Gasteiger partial charge in [0.15, 0.2) is 0 Å². The van der Waals surface area contributed by atoms with E-state index in [-0.39, 0.29) is 0 Å². The number of nitriles is 1. The van der Waals surface area contributed by atoms with Gasteiger partial charge in [0.05, 0.1) is 11.6 Å². The van der Waals surface area contributed by atoms with Crippen LogP contribution in [0, 0.1) is 11.3 Å². The molecule has 0 saturated carbocycles. The summed E-state index contributed by atoms with van der Waals surface area (Å²) in [4.78, 5) is 0. The predicted octanol–water partition coefficient (Wildman–Crippen LogP) is 2.45. The van der Waals surface area contributed by atoms with Crippen LogP contribution in [-0.2, 0) is 6.54 Å². The van der Waals surface area contributed by atoms with Crippen LogP contribution in [0.4, 0.5) is 0 Å². The summed E-state index contributed by atoms with van der Waals surface area (Å²) in [6.45, 7) is 5.21. The quantitative estimate of drug-likeness (QED) is 0.787. The summed E-state index contributed by atoms with van der Waals surface area (Å²) in [7, 11) is 0. The molecule has 0 aliphatic carbocycles. The van der Waals surface area contributed by atoms with Crippen molar-refractivity contribution in [1.82, 2.24) is 5.32 Å². The minimum atomic E-state index is 0.547. The summed E-state index contributed by atoms with van der Waals surface area (Å²) in [6.07, 6.45) is 1.14. The van der Waals surface area contributed by atoms with Gasteiger partial charge in [-0.15, -0.1) is 0 Å². The molecule has 0 aromatic heterocycles. The van der Waals surface area contributed by atoms with Crippen molar-refractivity contribution in [2.24, 2.45) is 0 Å². The summed E-state index contributed by atoms with van der Waals surface area (Å²) in [6, 6.07) is 10.4. The maximum absolute atomic E-state index is 8.62. The number of hydrogen-bond donors (Lipinski definition) is 1. The second-order valence-electron chi connectivity index (χ2n) is 3.50. The SMILES string of the molecule is CC[C@H](C)NCc1ccc(C#N)cc1. The van der Waals surface area contributed by atoms with E-state index < -0.39 is 0 Å². The first kappa shape index (κ1) is 10.7. The molecule has 0 saturated heterocycles. The van der Waals surface area contributed by atoms with Crippen molar-refractivity contribution in [3.8, 4) is 6.07 Å².